The zero-order valence-corrected chi connectivity index (χ0v) is 29.8. The van der Waals surface area contributed by atoms with Crippen molar-refractivity contribution >= 4 is 137 Å². The molecule has 0 aliphatic rings. The van der Waals surface area contributed by atoms with Crippen LogP contribution < -0.4 is 0 Å². The Morgan fingerprint density at radius 1 is 0.240 bits per heavy atom. The Labute approximate surface area is 302 Å². The largest absolute Gasteiger partial charge is 0.135 e. The fourth-order valence-corrected chi connectivity index (χ4v) is 12.9. The van der Waals surface area contributed by atoms with Gasteiger partial charge in [-0.3, -0.25) is 0 Å². The SMILES string of the molecule is c1ccc2c(c1)sc1cccc(-c3ccc4c(c3)sc3ccc5c(ccc6sc7cc(-c8cccc9sc%10ccccc%10c89)ccc7c65)c34)c12. The lowest BCUT2D eigenvalue weighted by Crippen LogP contribution is -1.80. The molecule has 0 spiro atoms. The molecule has 0 nitrogen and oxygen atoms in total. The van der Waals surface area contributed by atoms with Crippen LogP contribution in [0.5, 0.6) is 0 Å². The zero-order valence-electron chi connectivity index (χ0n) is 26.5. The molecule has 232 valence electrons. The van der Waals surface area contributed by atoms with Gasteiger partial charge in [0.05, 0.1) is 0 Å². The highest BCUT2D eigenvalue weighted by Gasteiger charge is 2.17. The molecule has 0 atom stereocenters. The lowest BCUT2D eigenvalue weighted by Gasteiger charge is -2.07. The average molecular weight is 705 g/mol. The van der Waals surface area contributed by atoms with Crippen molar-refractivity contribution in [3.63, 3.8) is 0 Å². The minimum atomic E-state index is 1.29. The van der Waals surface area contributed by atoms with Crippen LogP contribution in [0.4, 0.5) is 0 Å². The second-order valence-electron chi connectivity index (χ2n) is 13.2. The molecule has 12 aromatic rings. The van der Waals surface area contributed by atoms with E-state index in [1.807, 2.05) is 45.3 Å². The van der Waals surface area contributed by atoms with E-state index in [1.54, 1.807) is 0 Å². The van der Waals surface area contributed by atoms with Gasteiger partial charge in [-0.15, -0.1) is 45.3 Å². The number of fused-ring (bicyclic) bond motifs is 15. The molecule has 0 fully saturated rings. The van der Waals surface area contributed by atoms with Gasteiger partial charge in [0, 0.05) is 80.7 Å². The van der Waals surface area contributed by atoms with Crippen molar-refractivity contribution in [3.8, 4) is 22.3 Å². The van der Waals surface area contributed by atoms with Crippen molar-refractivity contribution in [2.45, 2.75) is 0 Å². The van der Waals surface area contributed by atoms with E-state index in [9.17, 15) is 0 Å². The Kier molecular flexibility index (Phi) is 5.66. The van der Waals surface area contributed by atoms with Gasteiger partial charge in [0.25, 0.3) is 0 Å². The Balaban J connectivity index is 1.04. The average Bonchev–Trinajstić information content (AvgIpc) is 3.93. The monoisotopic (exact) mass is 704 g/mol. The van der Waals surface area contributed by atoms with Gasteiger partial charge in [-0.2, -0.15) is 0 Å². The van der Waals surface area contributed by atoms with Crippen LogP contribution in [0.15, 0.2) is 146 Å². The van der Waals surface area contributed by atoms with Crippen molar-refractivity contribution in [3.05, 3.63) is 146 Å². The van der Waals surface area contributed by atoms with Gasteiger partial charge in [0.2, 0.25) is 0 Å². The van der Waals surface area contributed by atoms with Crippen molar-refractivity contribution in [1.82, 2.24) is 0 Å². The second-order valence-corrected chi connectivity index (χ2v) is 17.5. The first-order valence-electron chi connectivity index (χ1n) is 16.8. The van der Waals surface area contributed by atoms with E-state index in [1.165, 1.54) is 114 Å². The third kappa shape index (κ3) is 3.79. The van der Waals surface area contributed by atoms with Crippen LogP contribution in [0, 0.1) is 0 Å². The molecule has 12 rings (SSSR count). The summed E-state index contributed by atoms with van der Waals surface area (Å²) in [5, 5.41) is 13.6. The van der Waals surface area contributed by atoms with Crippen LogP contribution in [0.25, 0.3) is 114 Å². The third-order valence-corrected chi connectivity index (χ3v) is 15.0. The minimum Gasteiger partial charge on any atom is -0.135 e. The molecule has 4 heterocycles. The Morgan fingerprint density at radius 2 is 0.620 bits per heavy atom. The van der Waals surface area contributed by atoms with Crippen LogP contribution in [0.3, 0.4) is 0 Å². The normalized spacial score (nSPS) is 12.4. The van der Waals surface area contributed by atoms with Crippen LogP contribution in [0.2, 0.25) is 0 Å². The smallest absolute Gasteiger partial charge is 0.0361 e. The van der Waals surface area contributed by atoms with E-state index < -0.39 is 0 Å². The van der Waals surface area contributed by atoms with E-state index in [0.29, 0.717) is 0 Å². The molecule has 4 heteroatoms. The summed E-state index contributed by atoms with van der Waals surface area (Å²) < 4.78 is 10.8. The van der Waals surface area contributed by atoms with Gasteiger partial charge in [-0.1, -0.05) is 97.1 Å². The van der Waals surface area contributed by atoms with Gasteiger partial charge >= 0.3 is 0 Å². The van der Waals surface area contributed by atoms with Gasteiger partial charge < -0.3 is 0 Å². The van der Waals surface area contributed by atoms with Gasteiger partial charge in [0.15, 0.2) is 0 Å². The highest BCUT2D eigenvalue weighted by molar-refractivity contribution is 7.27. The quantitative estimate of drug-likeness (QED) is 0.168. The number of thiophene rings is 4. The number of hydrogen-bond donors (Lipinski definition) is 0. The molecule has 0 saturated carbocycles. The molecule has 0 aliphatic carbocycles. The van der Waals surface area contributed by atoms with Gasteiger partial charge in [0.1, 0.15) is 0 Å². The molecule has 0 aliphatic heterocycles. The highest BCUT2D eigenvalue weighted by Crippen LogP contribution is 2.47. The summed E-state index contributed by atoms with van der Waals surface area (Å²) >= 11 is 7.60. The van der Waals surface area contributed by atoms with E-state index >= 15 is 0 Å². The summed E-state index contributed by atoms with van der Waals surface area (Å²) in [4.78, 5) is 0. The molecule has 0 saturated heterocycles. The van der Waals surface area contributed by atoms with Crippen LogP contribution in [-0.2, 0) is 0 Å². The maximum atomic E-state index is 2.42. The predicted octanol–water partition coefficient (Wildman–Crippen LogP) is 15.6. The summed E-state index contributed by atoms with van der Waals surface area (Å²) in [7, 11) is 0. The van der Waals surface area contributed by atoms with E-state index in [2.05, 4.69) is 146 Å². The van der Waals surface area contributed by atoms with Crippen molar-refractivity contribution in [2.24, 2.45) is 0 Å². The summed E-state index contributed by atoms with van der Waals surface area (Å²) in [6.07, 6.45) is 0. The van der Waals surface area contributed by atoms with Crippen LogP contribution in [0.1, 0.15) is 0 Å². The summed E-state index contributed by atoms with van der Waals surface area (Å²) in [5.74, 6) is 0. The maximum Gasteiger partial charge on any atom is 0.0361 e. The summed E-state index contributed by atoms with van der Waals surface area (Å²) in [6, 6.07) is 54.8. The summed E-state index contributed by atoms with van der Waals surface area (Å²) in [5.41, 5.74) is 5.21. The van der Waals surface area contributed by atoms with E-state index in [4.69, 9.17) is 0 Å². The first-order chi connectivity index (χ1) is 24.8. The highest BCUT2D eigenvalue weighted by atomic mass is 32.1. The van der Waals surface area contributed by atoms with Crippen molar-refractivity contribution < 1.29 is 0 Å². The Bertz CT molecular complexity index is 3160. The predicted molar refractivity (Wildman–Crippen MR) is 226 cm³/mol. The van der Waals surface area contributed by atoms with Crippen LogP contribution >= 0.6 is 45.3 Å². The topological polar surface area (TPSA) is 0 Å². The lowest BCUT2D eigenvalue weighted by molar-refractivity contribution is 1.74. The molecular weight excluding hydrogens is 681 g/mol. The Morgan fingerprint density at radius 3 is 1.12 bits per heavy atom. The van der Waals surface area contributed by atoms with Gasteiger partial charge in [-0.25, -0.2) is 0 Å². The molecule has 0 bridgehead atoms. The number of hydrogen-bond acceptors (Lipinski definition) is 4. The number of rotatable bonds is 2. The first kappa shape index (κ1) is 27.7. The lowest BCUT2D eigenvalue weighted by atomic mass is 9.96. The molecule has 0 N–H and O–H groups in total. The molecule has 4 aromatic heterocycles. The van der Waals surface area contributed by atoms with Crippen molar-refractivity contribution in [1.29, 1.82) is 0 Å². The minimum absolute atomic E-state index is 1.29. The summed E-state index contributed by atoms with van der Waals surface area (Å²) in [6.45, 7) is 0. The van der Waals surface area contributed by atoms with Crippen molar-refractivity contribution in [2.75, 3.05) is 0 Å². The van der Waals surface area contributed by atoms with Gasteiger partial charge in [-0.05, 0) is 81.6 Å². The first-order valence-corrected chi connectivity index (χ1v) is 20.1. The third-order valence-electron chi connectivity index (χ3n) is 10.5. The maximum absolute atomic E-state index is 2.42. The van der Waals surface area contributed by atoms with Crippen LogP contribution in [-0.4, -0.2) is 0 Å². The Hall–Kier alpha value is -5.10. The molecule has 8 aromatic carbocycles. The molecular formula is C46H24S4. The van der Waals surface area contributed by atoms with E-state index in [-0.39, 0.29) is 0 Å². The molecule has 0 radical (unpaired) electrons. The number of benzene rings is 8. The fourth-order valence-electron chi connectivity index (χ4n) is 8.32. The fraction of sp³-hybridized carbons (Fsp3) is 0. The second kappa shape index (κ2) is 10.2. The standard InChI is InChI=1S/C46H24S4/c1-3-11-35-31(7-1)43-27(9-5-13-37(43)47-35)25-15-17-33-41(23-25)49-39-21-19-30-29(45(33)39)20-22-40-46(30)34-18-16-26(24-42(34)50-40)28-10-6-14-38-44(28)32-8-2-4-12-36(32)48-38/h1-24H. The molecule has 50 heavy (non-hydrogen) atoms. The molecule has 0 unspecified atom stereocenters. The van der Waals surface area contributed by atoms with E-state index in [0.717, 1.165) is 0 Å². The molecule has 0 amide bonds. The zero-order chi connectivity index (χ0) is 32.5.